The molecule has 2 aromatic heterocycles. The van der Waals surface area contributed by atoms with Crippen molar-refractivity contribution in [3.05, 3.63) is 40.8 Å². The van der Waals surface area contributed by atoms with Crippen LogP contribution < -0.4 is 5.32 Å². The van der Waals surface area contributed by atoms with Crippen LogP contribution in [0.3, 0.4) is 0 Å². The van der Waals surface area contributed by atoms with Crippen molar-refractivity contribution in [3.63, 3.8) is 0 Å². The highest BCUT2D eigenvalue weighted by molar-refractivity contribution is 6.31. The fourth-order valence-corrected chi connectivity index (χ4v) is 1.70. The average Bonchev–Trinajstić information content (AvgIpc) is 2.75. The van der Waals surface area contributed by atoms with Gasteiger partial charge in [-0.15, -0.1) is 0 Å². The topological polar surface area (TPSA) is 42.7 Å². The Morgan fingerprint density at radius 1 is 1.47 bits per heavy atom. The molecule has 2 rings (SSSR count). The molecule has 0 aromatic carbocycles. The Morgan fingerprint density at radius 2 is 2.29 bits per heavy atom. The van der Waals surface area contributed by atoms with Crippen LogP contribution in [0.4, 0.5) is 0 Å². The summed E-state index contributed by atoms with van der Waals surface area (Å²) in [7, 11) is 0. The maximum atomic E-state index is 6.09. The Balaban J connectivity index is 2.30. The highest BCUT2D eigenvalue weighted by Gasteiger charge is 2.05. The van der Waals surface area contributed by atoms with Gasteiger partial charge in [-0.3, -0.25) is 0 Å². The molecule has 0 spiro atoms. The molecule has 0 fully saturated rings. The van der Waals surface area contributed by atoms with E-state index < -0.39 is 0 Å². The molecule has 0 saturated heterocycles. The Morgan fingerprint density at radius 3 is 2.94 bits per heavy atom. The van der Waals surface area contributed by atoms with Crippen LogP contribution in [-0.4, -0.2) is 21.3 Å². The number of aryl methyl sites for hydroxylation is 1. The summed E-state index contributed by atoms with van der Waals surface area (Å²) >= 11 is 6.09. The van der Waals surface area contributed by atoms with Gasteiger partial charge in [0.05, 0.1) is 10.7 Å². The van der Waals surface area contributed by atoms with Crippen molar-refractivity contribution in [3.8, 4) is 5.82 Å². The molecule has 0 aliphatic rings. The SMILES string of the molecule is CCNCc1cc(-n2ccc(C)n2)ncc1Cl. The largest absolute Gasteiger partial charge is 0.313 e. The van der Waals surface area contributed by atoms with Gasteiger partial charge in [0, 0.05) is 18.9 Å². The molecule has 0 amide bonds. The first-order valence-electron chi connectivity index (χ1n) is 5.58. The van der Waals surface area contributed by atoms with E-state index in [2.05, 4.69) is 22.3 Å². The molecule has 1 N–H and O–H groups in total. The minimum absolute atomic E-state index is 0.679. The Hall–Kier alpha value is -1.39. The van der Waals surface area contributed by atoms with Crippen molar-refractivity contribution in [1.82, 2.24) is 20.1 Å². The third kappa shape index (κ3) is 2.84. The Bertz CT molecular complexity index is 507. The second-order valence-corrected chi connectivity index (χ2v) is 4.22. The summed E-state index contributed by atoms with van der Waals surface area (Å²) in [6, 6.07) is 3.90. The van der Waals surface area contributed by atoms with Gasteiger partial charge in [-0.1, -0.05) is 18.5 Å². The quantitative estimate of drug-likeness (QED) is 0.906. The Kier molecular flexibility index (Phi) is 3.76. The van der Waals surface area contributed by atoms with E-state index in [1.807, 2.05) is 25.3 Å². The van der Waals surface area contributed by atoms with Gasteiger partial charge in [-0.25, -0.2) is 9.67 Å². The van der Waals surface area contributed by atoms with Gasteiger partial charge in [0.1, 0.15) is 0 Å². The molecule has 2 aromatic rings. The van der Waals surface area contributed by atoms with Crippen LogP contribution in [0.5, 0.6) is 0 Å². The molecule has 5 heteroatoms. The minimum Gasteiger partial charge on any atom is -0.313 e. The lowest BCUT2D eigenvalue weighted by Crippen LogP contribution is -2.13. The van der Waals surface area contributed by atoms with Crippen LogP contribution in [0.15, 0.2) is 24.5 Å². The van der Waals surface area contributed by atoms with Gasteiger partial charge in [-0.05, 0) is 31.2 Å². The fraction of sp³-hybridized carbons (Fsp3) is 0.333. The zero-order valence-corrected chi connectivity index (χ0v) is 10.7. The predicted octanol–water partition coefficient (Wildman–Crippen LogP) is 2.34. The summed E-state index contributed by atoms with van der Waals surface area (Å²) in [5.41, 5.74) is 2.00. The molecule has 0 aliphatic carbocycles. The molecule has 4 nitrogen and oxygen atoms in total. The monoisotopic (exact) mass is 250 g/mol. The first kappa shape index (κ1) is 12.1. The van der Waals surface area contributed by atoms with E-state index in [1.54, 1.807) is 10.9 Å². The van der Waals surface area contributed by atoms with Crippen molar-refractivity contribution in [2.75, 3.05) is 6.54 Å². The normalized spacial score (nSPS) is 10.8. The van der Waals surface area contributed by atoms with Crippen molar-refractivity contribution in [1.29, 1.82) is 0 Å². The van der Waals surface area contributed by atoms with E-state index in [1.165, 1.54) is 0 Å². The lowest BCUT2D eigenvalue weighted by molar-refractivity contribution is 0.723. The molecule has 17 heavy (non-hydrogen) atoms. The summed E-state index contributed by atoms with van der Waals surface area (Å²) in [6.45, 7) is 5.67. The number of nitrogens with one attached hydrogen (secondary N) is 1. The van der Waals surface area contributed by atoms with Crippen molar-refractivity contribution in [2.24, 2.45) is 0 Å². The Labute approximate surface area is 106 Å². The predicted molar refractivity (Wildman–Crippen MR) is 68.5 cm³/mol. The summed E-state index contributed by atoms with van der Waals surface area (Å²) in [5, 5.41) is 8.25. The van der Waals surface area contributed by atoms with Gasteiger partial charge >= 0.3 is 0 Å². The number of hydrogen-bond donors (Lipinski definition) is 1. The lowest BCUT2D eigenvalue weighted by atomic mass is 10.2. The fourth-order valence-electron chi connectivity index (χ4n) is 1.53. The maximum Gasteiger partial charge on any atom is 0.153 e. The van der Waals surface area contributed by atoms with Gasteiger partial charge in [0.2, 0.25) is 0 Å². The number of halogens is 1. The molecule has 0 saturated carbocycles. The van der Waals surface area contributed by atoms with E-state index in [0.29, 0.717) is 5.02 Å². The van der Waals surface area contributed by atoms with Crippen LogP contribution >= 0.6 is 11.6 Å². The number of hydrogen-bond acceptors (Lipinski definition) is 3. The number of nitrogens with zero attached hydrogens (tertiary/aromatic N) is 3. The third-order valence-corrected chi connectivity index (χ3v) is 2.78. The van der Waals surface area contributed by atoms with E-state index in [9.17, 15) is 0 Å². The first-order chi connectivity index (χ1) is 8.20. The van der Waals surface area contributed by atoms with Crippen molar-refractivity contribution in [2.45, 2.75) is 20.4 Å². The zero-order chi connectivity index (χ0) is 12.3. The highest BCUT2D eigenvalue weighted by atomic mass is 35.5. The molecule has 0 radical (unpaired) electrons. The van der Waals surface area contributed by atoms with Gasteiger partial charge in [0.25, 0.3) is 0 Å². The second-order valence-electron chi connectivity index (χ2n) is 3.82. The minimum atomic E-state index is 0.679. The number of pyridine rings is 1. The third-order valence-electron chi connectivity index (χ3n) is 2.44. The molecule has 90 valence electrons. The van der Waals surface area contributed by atoms with Crippen LogP contribution in [0.1, 0.15) is 18.2 Å². The standard InChI is InChI=1S/C12H15ClN4/c1-3-14-7-10-6-12(15-8-11(10)13)17-5-4-9(2)16-17/h4-6,8,14H,3,7H2,1-2H3. The van der Waals surface area contributed by atoms with Gasteiger partial charge in [0.15, 0.2) is 5.82 Å². The molecular weight excluding hydrogens is 236 g/mol. The van der Waals surface area contributed by atoms with E-state index >= 15 is 0 Å². The maximum absolute atomic E-state index is 6.09. The molecule has 0 bridgehead atoms. The summed E-state index contributed by atoms with van der Waals surface area (Å²) in [4.78, 5) is 4.27. The lowest BCUT2D eigenvalue weighted by Gasteiger charge is -2.07. The molecular formula is C12H15ClN4. The number of rotatable bonds is 4. The first-order valence-corrected chi connectivity index (χ1v) is 5.96. The molecule has 2 heterocycles. The van der Waals surface area contributed by atoms with Crippen LogP contribution in [-0.2, 0) is 6.54 Å². The van der Waals surface area contributed by atoms with E-state index in [0.717, 1.165) is 30.2 Å². The summed E-state index contributed by atoms with van der Waals surface area (Å²) < 4.78 is 1.75. The smallest absolute Gasteiger partial charge is 0.153 e. The van der Waals surface area contributed by atoms with Crippen LogP contribution in [0.25, 0.3) is 5.82 Å². The van der Waals surface area contributed by atoms with Crippen LogP contribution in [0, 0.1) is 6.92 Å². The molecule has 0 unspecified atom stereocenters. The van der Waals surface area contributed by atoms with Crippen molar-refractivity contribution >= 4 is 11.6 Å². The van der Waals surface area contributed by atoms with Crippen molar-refractivity contribution < 1.29 is 0 Å². The summed E-state index contributed by atoms with van der Waals surface area (Å²) in [6.07, 6.45) is 3.56. The van der Waals surface area contributed by atoms with Gasteiger partial charge < -0.3 is 5.32 Å². The highest BCUT2D eigenvalue weighted by Crippen LogP contribution is 2.17. The average molecular weight is 251 g/mol. The van der Waals surface area contributed by atoms with Gasteiger partial charge in [-0.2, -0.15) is 5.10 Å². The van der Waals surface area contributed by atoms with Crippen LogP contribution in [0.2, 0.25) is 5.02 Å². The zero-order valence-electron chi connectivity index (χ0n) is 9.94. The summed E-state index contributed by atoms with van der Waals surface area (Å²) in [5.74, 6) is 0.787. The second kappa shape index (κ2) is 5.29. The van der Waals surface area contributed by atoms with E-state index in [-0.39, 0.29) is 0 Å². The number of aromatic nitrogens is 3. The van der Waals surface area contributed by atoms with E-state index in [4.69, 9.17) is 11.6 Å². The molecule has 0 aliphatic heterocycles. The molecule has 0 atom stereocenters.